The Hall–Kier alpha value is -2.26. The highest BCUT2D eigenvalue weighted by atomic mass is 35.5. The molecule has 4 aromatic rings. The number of benzene rings is 1. The first-order chi connectivity index (χ1) is 15.7. The van der Waals surface area contributed by atoms with E-state index in [9.17, 15) is 0 Å². The highest BCUT2D eigenvalue weighted by molar-refractivity contribution is 7.19. The molecule has 164 valence electrons. The maximum absolute atomic E-state index is 6.88. The van der Waals surface area contributed by atoms with Gasteiger partial charge in [-0.15, -0.1) is 11.3 Å². The molecular formula is C23H23ClN6OS. The molecule has 0 spiro atoms. The molecule has 2 bridgehead atoms. The van der Waals surface area contributed by atoms with Gasteiger partial charge in [0, 0.05) is 35.4 Å². The third kappa shape index (κ3) is 2.83. The molecular weight excluding hydrogens is 444 g/mol. The number of hydrogen-bond acceptors (Lipinski definition) is 7. The van der Waals surface area contributed by atoms with E-state index < -0.39 is 0 Å². The van der Waals surface area contributed by atoms with Crippen molar-refractivity contribution in [3.8, 4) is 11.1 Å². The van der Waals surface area contributed by atoms with E-state index in [2.05, 4.69) is 9.88 Å². The number of nitrogens with zero attached hydrogens (tertiary/aromatic N) is 4. The number of ether oxygens (including phenoxy) is 1. The number of aromatic nitrogens is 4. The van der Waals surface area contributed by atoms with E-state index >= 15 is 0 Å². The molecule has 7 nitrogen and oxygen atoms in total. The predicted molar refractivity (Wildman–Crippen MR) is 128 cm³/mol. The summed E-state index contributed by atoms with van der Waals surface area (Å²) in [5.74, 6) is 1.34. The van der Waals surface area contributed by atoms with Crippen molar-refractivity contribution < 1.29 is 4.74 Å². The number of anilines is 1. The van der Waals surface area contributed by atoms with Crippen LogP contribution >= 0.6 is 22.9 Å². The summed E-state index contributed by atoms with van der Waals surface area (Å²) in [5.41, 5.74) is 10.7. The second-order valence-corrected chi connectivity index (χ2v) is 10.6. The van der Waals surface area contributed by atoms with Crippen molar-refractivity contribution >= 4 is 50.1 Å². The number of hydrogen-bond donors (Lipinski definition) is 2. The number of rotatable bonds is 3. The number of piperidine rings is 1. The zero-order valence-electron chi connectivity index (χ0n) is 17.4. The van der Waals surface area contributed by atoms with E-state index in [4.69, 9.17) is 37.0 Å². The van der Waals surface area contributed by atoms with Crippen molar-refractivity contribution in [2.24, 2.45) is 5.73 Å². The molecule has 1 aromatic carbocycles. The van der Waals surface area contributed by atoms with Gasteiger partial charge in [-0.25, -0.2) is 15.0 Å². The fourth-order valence-corrected chi connectivity index (χ4v) is 7.00. The number of nitrogens with two attached hydrogens (primary N) is 1. The first kappa shape index (κ1) is 19.2. The van der Waals surface area contributed by atoms with Gasteiger partial charge in [-0.05, 0) is 31.7 Å². The molecule has 0 radical (unpaired) electrons. The minimum absolute atomic E-state index is 0.304. The van der Waals surface area contributed by atoms with Crippen LogP contribution in [-0.4, -0.2) is 51.3 Å². The lowest BCUT2D eigenvalue weighted by molar-refractivity contribution is 0.00842. The summed E-state index contributed by atoms with van der Waals surface area (Å²) in [6.07, 6.45) is 8.32. The van der Waals surface area contributed by atoms with Crippen LogP contribution in [0.5, 0.6) is 0 Å². The van der Waals surface area contributed by atoms with Crippen molar-refractivity contribution in [2.45, 2.75) is 49.7 Å². The van der Waals surface area contributed by atoms with Gasteiger partial charge in [0.05, 0.1) is 40.6 Å². The van der Waals surface area contributed by atoms with E-state index in [1.165, 1.54) is 12.8 Å². The quantitative estimate of drug-likeness (QED) is 0.463. The Kier molecular flexibility index (Phi) is 4.28. The Morgan fingerprint density at radius 2 is 1.94 bits per heavy atom. The number of H-pyrrole nitrogens is 1. The summed E-state index contributed by atoms with van der Waals surface area (Å²) < 4.78 is 6.35. The molecule has 3 saturated heterocycles. The summed E-state index contributed by atoms with van der Waals surface area (Å²) in [6.45, 7) is 1.49. The van der Waals surface area contributed by atoms with Crippen LogP contribution in [0.1, 0.15) is 36.6 Å². The third-order valence-corrected chi connectivity index (χ3v) is 8.95. The van der Waals surface area contributed by atoms with Crippen LogP contribution in [-0.2, 0) is 4.74 Å². The Bertz CT molecular complexity index is 1330. The van der Waals surface area contributed by atoms with Gasteiger partial charge in [0.2, 0.25) is 0 Å². The molecule has 3 N–H and O–H groups in total. The molecule has 0 amide bonds. The van der Waals surface area contributed by atoms with E-state index in [0.29, 0.717) is 24.0 Å². The van der Waals surface area contributed by atoms with E-state index in [1.807, 2.05) is 24.5 Å². The molecule has 0 aliphatic carbocycles. The highest BCUT2D eigenvalue weighted by Gasteiger charge is 2.40. The predicted octanol–water partition coefficient (Wildman–Crippen LogP) is 4.46. The first-order valence-corrected chi connectivity index (χ1v) is 12.4. The maximum atomic E-state index is 6.88. The molecule has 3 aliphatic rings. The van der Waals surface area contributed by atoms with E-state index in [-0.39, 0.29) is 0 Å². The van der Waals surface area contributed by atoms with Gasteiger partial charge >= 0.3 is 0 Å². The average Bonchev–Trinajstić information content (AvgIpc) is 3.41. The Balaban J connectivity index is 1.27. The minimum Gasteiger partial charge on any atom is -0.380 e. The van der Waals surface area contributed by atoms with Gasteiger partial charge in [-0.2, -0.15) is 0 Å². The summed E-state index contributed by atoms with van der Waals surface area (Å²) >= 11 is 8.55. The van der Waals surface area contributed by atoms with Gasteiger partial charge in [0.25, 0.3) is 0 Å². The van der Waals surface area contributed by atoms with E-state index in [1.54, 1.807) is 11.3 Å². The monoisotopic (exact) mass is 466 g/mol. The smallest absolute Gasteiger partial charge is 0.159 e. The Morgan fingerprint density at radius 3 is 2.69 bits per heavy atom. The zero-order chi connectivity index (χ0) is 21.4. The number of aromatic amines is 1. The average molecular weight is 467 g/mol. The summed E-state index contributed by atoms with van der Waals surface area (Å²) in [7, 11) is 0. The van der Waals surface area contributed by atoms with Gasteiger partial charge in [0.15, 0.2) is 5.65 Å². The number of halogens is 1. The fraction of sp³-hybridized carbons (Fsp3) is 0.435. The first-order valence-electron chi connectivity index (χ1n) is 11.2. The topological polar surface area (TPSA) is 93.0 Å². The summed E-state index contributed by atoms with van der Waals surface area (Å²) in [4.78, 5) is 20.3. The standard InChI is InChI=1S/C23H23ClN6OS/c24-19-15(3-4-17-21(19)32-23(28-17)11-9-31-10-11)16-7-27-22-20(16)26-8-18(29-22)30-13-1-2-14(30)6-12(25)5-13/h3-4,7-8,11-14H,1-2,5-6,9-10,25H2,(H,27,29). The van der Waals surface area contributed by atoms with Crippen molar-refractivity contribution in [2.75, 3.05) is 18.1 Å². The second-order valence-electron chi connectivity index (χ2n) is 9.21. The molecule has 3 fully saturated rings. The van der Waals surface area contributed by atoms with Crippen molar-refractivity contribution in [3.05, 3.63) is 34.6 Å². The lowest BCUT2D eigenvalue weighted by Crippen LogP contribution is -2.47. The van der Waals surface area contributed by atoms with Crippen LogP contribution in [0.2, 0.25) is 5.02 Å². The summed E-state index contributed by atoms with van der Waals surface area (Å²) in [6, 6.07) is 5.34. The second kappa shape index (κ2) is 7.12. The molecule has 9 heteroatoms. The molecule has 6 heterocycles. The lowest BCUT2D eigenvalue weighted by atomic mass is 9.98. The van der Waals surface area contributed by atoms with Crippen LogP contribution in [0.4, 0.5) is 5.82 Å². The largest absolute Gasteiger partial charge is 0.380 e. The highest BCUT2D eigenvalue weighted by Crippen LogP contribution is 2.42. The van der Waals surface area contributed by atoms with Gasteiger partial charge in [-0.1, -0.05) is 17.7 Å². The SMILES string of the molecule is NC1CC2CCC(C1)N2c1cnc2c(-c3ccc4nc(C5COC5)sc4c3Cl)c[nH]c2n1. The molecule has 2 atom stereocenters. The molecule has 3 aromatic heterocycles. The lowest BCUT2D eigenvalue weighted by Gasteiger charge is -2.38. The minimum atomic E-state index is 0.304. The van der Waals surface area contributed by atoms with Crippen molar-refractivity contribution in [3.63, 3.8) is 0 Å². The van der Waals surface area contributed by atoms with Gasteiger partial charge < -0.3 is 20.4 Å². The van der Waals surface area contributed by atoms with Crippen molar-refractivity contribution in [1.29, 1.82) is 0 Å². The number of nitrogens with one attached hydrogen (secondary N) is 1. The molecule has 3 aliphatic heterocycles. The molecule has 0 saturated carbocycles. The van der Waals surface area contributed by atoms with Crippen LogP contribution in [0.15, 0.2) is 24.5 Å². The molecule has 32 heavy (non-hydrogen) atoms. The Labute approximate surface area is 194 Å². The van der Waals surface area contributed by atoms with Crippen molar-refractivity contribution in [1.82, 2.24) is 19.9 Å². The number of thiazole rings is 1. The van der Waals surface area contributed by atoms with Crippen LogP contribution < -0.4 is 10.6 Å². The Morgan fingerprint density at radius 1 is 1.12 bits per heavy atom. The van der Waals surface area contributed by atoms with Crippen LogP contribution in [0.3, 0.4) is 0 Å². The van der Waals surface area contributed by atoms with Gasteiger partial charge in [-0.3, -0.25) is 0 Å². The summed E-state index contributed by atoms with van der Waals surface area (Å²) in [5, 5.41) is 1.82. The normalized spacial score (nSPS) is 25.7. The third-order valence-electron chi connectivity index (χ3n) is 7.19. The number of fused-ring (bicyclic) bond motifs is 4. The van der Waals surface area contributed by atoms with Crippen LogP contribution in [0.25, 0.3) is 32.5 Å². The van der Waals surface area contributed by atoms with Crippen LogP contribution in [0, 0.1) is 0 Å². The molecule has 7 rings (SSSR count). The zero-order valence-corrected chi connectivity index (χ0v) is 19.0. The van der Waals surface area contributed by atoms with Gasteiger partial charge in [0.1, 0.15) is 16.3 Å². The van der Waals surface area contributed by atoms with E-state index in [0.717, 1.165) is 74.4 Å². The maximum Gasteiger partial charge on any atom is 0.159 e. The molecule has 2 unspecified atom stereocenters. The fourth-order valence-electron chi connectivity index (χ4n) is 5.55.